The van der Waals surface area contributed by atoms with Crippen molar-refractivity contribution in [1.82, 2.24) is 4.90 Å². The molecule has 1 aliphatic rings. The minimum Gasteiger partial charge on any atom is -0.490 e. The maximum atomic E-state index is 13.0. The first kappa shape index (κ1) is 27.5. The van der Waals surface area contributed by atoms with Crippen molar-refractivity contribution >= 4 is 46.5 Å². The van der Waals surface area contributed by atoms with Crippen molar-refractivity contribution in [3.63, 3.8) is 0 Å². The Morgan fingerprint density at radius 1 is 1.14 bits per heavy atom. The third-order valence-electron chi connectivity index (χ3n) is 5.19. The number of anilines is 1. The Labute approximate surface area is 219 Å². The lowest BCUT2D eigenvalue weighted by Gasteiger charge is -2.16. The van der Waals surface area contributed by atoms with Crippen molar-refractivity contribution in [2.24, 2.45) is 0 Å². The first-order valence-corrected chi connectivity index (χ1v) is 12.3. The van der Waals surface area contributed by atoms with Gasteiger partial charge in [-0.3, -0.25) is 19.3 Å². The topological polar surface area (TPSA) is 111 Å². The Kier molecular flexibility index (Phi) is 9.51. The molecule has 2 aromatic carbocycles. The van der Waals surface area contributed by atoms with Crippen molar-refractivity contribution in [3.8, 4) is 11.5 Å². The molecule has 10 heteroatoms. The first-order valence-electron chi connectivity index (χ1n) is 11.5. The lowest BCUT2D eigenvalue weighted by Crippen LogP contribution is -2.36. The fraction of sp³-hybridized carbons (Fsp3) is 0.259. The number of esters is 1. The Morgan fingerprint density at radius 3 is 2.51 bits per heavy atom. The SMILES string of the molecule is C=CCc1cc(/C=C2/SC(=O)N(CC(=O)Nc3ccc(C)cc3)C2=O)cc(OCC)c1OCC(=O)OC. The number of imide groups is 1. The Hall–Kier alpha value is -4.05. The van der Waals surface area contributed by atoms with E-state index >= 15 is 0 Å². The number of carbonyl (C=O) groups excluding carboxylic acids is 4. The van der Waals surface area contributed by atoms with Crippen LogP contribution >= 0.6 is 11.8 Å². The van der Waals surface area contributed by atoms with Crippen molar-refractivity contribution in [2.45, 2.75) is 20.3 Å². The molecule has 37 heavy (non-hydrogen) atoms. The number of aryl methyl sites for hydroxylation is 1. The highest BCUT2D eigenvalue weighted by Gasteiger charge is 2.36. The largest absolute Gasteiger partial charge is 0.490 e. The highest BCUT2D eigenvalue weighted by atomic mass is 32.2. The van der Waals surface area contributed by atoms with Gasteiger partial charge in [0.1, 0.15) is 6.54 Å². The summed E-state index contributed by atoms with van der Waals surface area (Å²) >= 11 is 0.752. The number of benzene rings is 2. The van der Waals surface area contributed by atoms with Crippen molar-refractivity contribution < 1.29 is 33.4 Å². The molecule has 2 aromatic rings. The smallest absolute Gasteiger partial charge is 0.343 e. The quantitative estimate of drug-likeness (QED) is 0.262. The number of carbonyl (C=O) groups is 4. The third kappa shape index (κ3) is 7.23. The summed E-state index contributed by atoms with van der Waals surface area (Å²) in [6.45, 7) is 7.12. The number of ether oxygens (including phenoxy) is 3. The molecule has 1 aliphatic heterocycles. The standard InChI is InChI=1S/C27H28N2O7S/c1-5-7-19-12-18(13-21(35-6-2)25(19)36-16-24(31)34-4)14-22-26(32)29(27(33)37-22)15-23(30)28-20-10-8-17(3)9-11-20/h5,8-14H,1,6-7,15-16H2,2-4H3,(H,28,30)/b22-14+. The molecule has 3 amide bonds. The van der Waals surface area contributed by atoms with Crippen molar-refractivity contribution in [2.75, 3.05) is 32.2 Å². The highest BCUT2D eigenvalue weighted by molar-refractivity contribution is 8.18. The maximum absolute atomic E-state index is 13.0. The fourth-order valence-corrected chi connectivity index (χ4v) is 4.30. The number of allylic oxidation sites excluding steroid dienone is 1. The normalized spacial score (nSPS) is 14.0. The lowest BCUT2D eigenvalue weighted by atomic mass is 10.0. The van der Waals surface area contributed by atoms with Gasteiger partial charge in [0.05, 0.1) is 18.6 Å². The summed E-state index contributed by atoms with van der Waals surface area (Å²) in [5.41, 5.74) is 2.87. The van der Waals surface area contributed by atoms with E-state index in [-0.39, 0.29) is 11.5 Å². The molecule has 0 aromatic heterocycles. The van der Waals surface area contributed by atoms with Crippen molar-refractivity contribution in [1.29, 1.82) is 0 Å². The van der Waals surface area contributed by atoms with Crippen LogP contribution in [-0.2, 0) is 25.5 Å². The van der Waals surface area contributed by atoms with Crippen LogP contribution in [-0.4, -0.2) is 54.8 Å². The minimum absolute atomic E-state index is 0.170. The molecule has 0 bridgehead atoms. The Balaban J connectivity index is 1.82. The summed E-state index contributed by atoms with van der Waals surface area (Å²) in [6.07, 6.45) is 3.63. The van der Waals surface area contributed by atoms with E-state index in [1.807, 2.05) is 19.1 Å². The number of rotatable bonds is 11. The molecular formula is C27H28N2O7S. The summed E-state index contributed by atoms with van der Waals surface area (Å²) < 4.78 is 16.0. The summed E-state index contributed by atoms with van der Waals surface area (Å²) in [6, 6.07) is 10.6. The molecule has 1 saturated heterocycles. The van der Waals surface area contributed by atoms with Gasteiger partial charge >= 0.3 is 5.97 Å². The zero-order chi connectivity index (χ0) is 26.9. The van der Waals surface area contributed by atoms with Gasteiger partial charge in [0.25, 0.3) is 11.1 Å². The fourth-order valence-electron chi connectivity index (χ4n) is 3.46. The number of methoxy groups -OCH3 is 1. The van der Waals surface area contributed by atoms with Crippen LogP contribution in [0.25, 0.3) is 6.08 Å². The Morgan fingerprint density at radius 2 is 1.86 bits per heavy atom. The second kappa shape index (κ2) is 12.8. The average molecular weight is 525 g/mol. The minimum atomic E-state index is -0.566. The van der Waals surface area contributed by atoms with E-state index in [4.69, 9.17) is 9.47 Å². The van der Waals surface area contributed by atoms with Gasteiger partial charge in [0.15, 0.2) is 18.1 Å². The van der Waals surface area contributed by atoms with E-state index in [0.29, 0.717) is 41.3 Å². The zero-order valence-corrected chi connectivity index (χ0v) is 21.7. The number of hydrogen-bond donors (Lipinski definition) is 1. The van der Waals surface area contributed by atoms with E-state index in [2.05, 4.69) is 16.6 Å². The second-order valence-electron chi connectivity index (χ2n) is 7.98. The maximum Gasteiger partial charge on any atom is 0.343 e. The van der Waals surface area contributed by atoms with Crippen LogP contribution in [0, 0.1) is 6.92 Å². The van der Waals surface area contributed by atoms with Gasteiger partial charge in [-0.25, -0.2) is 4.79 Å². The number of thioether (sulfide) groups is 1. The highest BCUT2D eigenvalue weighted by Crippen LogP contribution is 2.37. The van der Waals surface area contributed by atoms with Gasteiger partial charge in [-0.2, -0.15) is 0 Å². The number of nitrogens with one attached hydrogen (secondary N) is 1. The van der Waals surface area contributed by atoms with Gasteiger partial charge < -0.3 is 19.5 Å². The van der Waals surface area contributed by atoms with Crippen LogP contribution in [0.5, 0.6) is 11.5 Å². The third-order valence-corrected chi connectivity index (χ3v) is 6.10. The number of nitrogens with zero attached hydrogens (tertiary/aromatic N) is 1. The van der Waals surface area contributed by atoms with Gasteiger partial charge in [-0.15, -0.1) is 6.58 Å². The van der Waals surface area contributed by atoms with Gasteiger partial charge in [0, 0.05) is 11.3 Å². The molecular weight excluding hydrogens is 496 g/mol. The molecule has 1 fully saturated rings. The van der Waals surface area contributed by atoms with Gasteiger partial charge in [-0.05, 0) is 67.9 Å². The molecule has 0 unspecified atom stereocenters. The molecule has 194 valence electrons. The van der Waals surface area contributed by atoms with Gasteiger partial charge in [0.2, 0.25) is 5.91 Å². The van der Waals surface area contributed by atoms with Crippen LogP contribution in [0.2, 0.25) is 0 Å². The van der Waals surface area contributed by atoms with E-state index in [1.54, 1.807) is 43.3 Å². The van der Waals surface area contributed by atoms with E-state index < -0.39 is 29.6 Å². The van der Waals surface area contributed by atoms with Crippen LogP contribution in [0.4, 0.5) is 10.5 Å². The predicted octanol–water partition coefficient (Wildman–Crippen LogP) is 4.35. The van der Waals surface area contributed by atoms with Crippen molar-refractivity contribution in [3.05, 3.63) is 70.6 Å². The monoisotopic (exact) mass is 524 g/mol. The molecule has 9 nitrogen and oxygen atoms in total. The average Bonchev–Trinajstić information content (AvgIpc) is 3.12. The molecule has 0 atom stereocenters. The zero-order valence-electron chi connectivity index (χ0n) is 20.9. The van der Waals surface area contributed by atoms with Crippen LogP contribution in [0.1, 0.15) is 23.6 Å². The Bertz CT molecular complexity index is 1240. The van der Waals surface area contributed by atoms with E-state index in [1.165, 1.54) is 7.11 Å². The van der Waals surface area contributed by atoms with Crippen LogP contribution in [0.3, 0.4) is 0 Å². The number of hydrogen-bond acceptors (Lipinski definition) is 8. The van der Waals surface area contributed by atoms with Crippen LogP contribution < -0.4 is 14.8 Å². The summed E-state index contributed by atoms with van der Waals surface area (Å²) in [5, 5.41) is 2.15. The molecule has 3 rings (SSSR count). The summed E-state index contributed by atoms with van der Waals surface area (Å²) in [5.74, 6) is -0.857. The molecule has 0 spiro atoms. The predicted molar refractivity (Wildman–Crippen MR) is 142 cm³/mol. The van der Waals surface area contributed by atoms with E-state index in [0.717, 1.165) is 22.2 Å². The lowest BCUT2D eigenvalue weighted by molar-refractivity contribution is -0.143. The molecule has 1 N–H and O–H groups in total. The summed E-state index contributed by atoms with van der Waals surface area (Å²) in [4.78, 5) is 50.6. The molecule has 1 heterocycles. The van der Waals surface area contributed by atoms with Crippen LogP contribution in [0.15, 0.2) is 54.0 Å². The molecule has 0 saturated carbocycles. The van der Waals surface area contributed by atoms with E-state index in [9.17, 15) is 19.2 Å². The summed E-state index contributed by atoms with van der Waals surface area (Å²) in [7, 11) is 1.27. The molecule has 0 aliphatic carbocycles. The number of amides is 3. The molecule has 0 radical (unpaired) electrons. The second-order valence-corrected chi connectivity index (χ2v) is 8.97. The van der Waals surface area contributed by atoms with Gasteiger partial charge in [-0.1, -0.05) is 23.8 Å². The first-order chi connectivity index (χ1) is 17.7.